The van der Waals surface area contributed by atoms with Crippen LogP contribution in [0.4, 0.5) is 5.69 Å². The number of amides is 2. The number of nitrogens with one attached hydrogen (secondary N) is 3. The van der Waals surface area contributed by atoms with E-state index in [0.717, 1.165) is 24.3 Å². The van der Waals surface area contributed by atoms with Crippen LogP contribution in [0.25, 0.3) is 5.69 Å². The van der Waals surface area contributed by atoms with E-state index in [1.54, 1.807) is 47.2 Å². The molecule has 1 aromatic heterocycles. The molecule has 0 atom stereocenters. The number of carbonyl (C=O) groups excluding carboxylic acids is 2. The monoisotopic (exact) mass is 424 g/mol. The molecule has 0 aliphatic carbocycles. The Morgan fingerprint density at radius 2 is 1.97 bits per heavy atom. The first-order chi connectivity index (χ1) is 14.6. The number of benzene rings is 2. The second-order valence-corrected chi connectivity index (χ2v) is 7.03. The Bertz CT molecular complexity index is 1060. The standard InChI is InChI=1S/C22H24N4O3S/c1-2-3-13-29-19-9-7-16(8-10-19)21(28)24-15-20(27)25-17-5-4-6-18(14-17)26-12-11-23-22(26)30/h4-12,14H,2-3,13,15H2,1H3,(H,23,30)(H,24,28)(H,25,27). The third kappa shape index (κ3) is 5.81. The van der Waals surface area contributed by atoms with Gasteiger partial charge >= 0.3 is 0 Å². The number of anilines is 1. The van der Waals surface area contributed by atoms with Gasteiger partial charge in [0.2, 0.25) is 5.91 Å². The number of carbonyl (C=O) groups is 2. The first-order valence-corrected chi connectivity index (χ1v) is 10.1. The Morgan fingerprint density at radius 3 is 2.67 bits per heavy atom. The molecular formula is C22H24N4O3S. The largest absolute Gasteiger partial charge is 0.494 e. The van der Waals surface area contributed by atoms with Gasteiger partial charge in [0.15, 0.2) is 4.77 Å². The molecule has 0 spiro atoms. The van der Waals surface area contributed by atoms with Crippen LogP contribution >= 0.6 is 12.2 Å². The highest BCUT2D eigenvalue weighted by Gasteiger charge is 2.09. The van der Waals surface area contributed by atoms with Gasteiger partial charge in [-0.15, -0.1) is 0 Å². The number of aromatic amines is 1. The summed E-state index contributed by atoms with van der Waals surface area (Å²) in [7, 11) is 0. The number of rotatable bonds is 9. The van der Waals surface area contributed by atoms with Crippen molar-refractivity contribution in [3.05, 3.63) is 71.3 Å². The minimum absolute atomic E-state index is 0.138. The molecule has 156 valence electrons. The van der Waals surface area contributed by atoms with Crippen molar-refractivity contribution < 1.29 is 14.3 Å². The lowest BCUT2D eigenvalue weighted by atomic mass is 10.2. The summed E-state index contributed by atoms with van der Waals surface area (Å²) in [4.78, 5) is 27.4. The van der Waals surface area contributed by atoms with E-state index in [2.05, 4.69) is 22.5 Å². The van der Waals surface area contributed by atoms with Gasteiger partial charge in [-0.1, -0.05) is 19.4 Å². The van der Waals surface area contributed by atoms with Crippen molar-refractivity contribution >= 4 is 29.7 Å². The van der Waals surface area contributed by atoms with Crippen molar-refractivity contribution in [1.82, 2.24) is 14.9 Å². The van der Waals surface area contributed by atoms with Crippen LogP contribution in [0.5, 0.6) is 5.75 Å². The number of aromatic nitrogens is 2. The van der Waals surface area contributed by atoms with Gasteiger partial charge in [-0.05, 0) is 61.1 Å². The molecule has 7 nitrogen and oxygen atoms in total. The predicted octanol–water partition coefficient (Wildman–Crippen LogP) is 4.08. The molecule has 2 aromatic carbocycles. The predicted molar refractivity (Wildman–Crippen MR) is 119 cm³/mol. The highest BCUT2D eigenvalue weighted by atomic mass is 32.1. The lowest BCUT2D eigenvalue weighted by Gasteiger charge is -2.10. The Balaban J connectivity index is 1.51. The molecule has 1 heterocycles. The van der Waals surface area contributed by atoms with Crippen molar-refractivity contribution in [3.8, 4) is 11.4 Å². The van der Waals surface area contributed by atoms with Gasteiger partial charge in [0, 0.05) is 29.3 Å². The fourth-order valence-electron chi connectivity index (χ4n) is 2.76. The zero-order chi connectivity index (χ0) is 21.3. The van der Waals surface area contributed by atoms with Crippen molar-refractivity contribution in [1.29, 1.82) is 0 Å². The normalized spacial score (nSPS) is 10.4. The van der Waals surface area contributed by atoms with E-state index < -0.39 is 0 Å². The minimum atomic E-state index is -0.322. The molecule has 0 aliphatic rings. The first-order valence-electron chi connectivity index (χ1n) is 9.74. The lowest BCUT2D eigenvalue weighted by Crippen LogP contribution is -2.32. The maximum atomic E-state index is 12.3. The molecule has 2 amide bonds. The minimum Gasteiger partial charge on any atom is -0.494 e. The van der Waals surface area contributed by atoms with E-state index >= 15 is 0 Å². The highest BCUT2D eigenvalue weighted by Crippen LogP contribution is 2.15. The van der Waals surface area contributed by atoms with Crippen molar-refractivity contribution in [2.45, 2.75) is 19.8 Å². The zero-order valence-corrected chi connectivity index (χ0v) is 17.5. The number of hydrogen-bond acceptors (Lipinski definition) is 4. The van der Waals surface area contributed by atoms with Crippen LogP contribution in [0.15, 0.2) is 60.9 Å². The number of imidazole rings is 1. The van der Waals surface area contributed by atoms with E-state index in [-0.39, 0.29) is 18.4 Å². The van der Waals surface area contributed by atoms with Gasteiger partial charge in [0.1, 0.15) is 5.75 Å². The molecule has 3 rings (SSSR count). The molecule has 0 unspecified atom stereocenters. The summed E-state index contributed by atoms with van der Waals surface area (Å²) in [6, 6.07) is 14.2. The average molecular weight is 425 g/mol. The van der Waals surface area contributed by atoms with Crippen LogP contribution in [0.1, 0.15) is 30.1 Å². The Kier molecular flexibility index (Phi) is 7.40. The fourth-order valence-corrected chi connectivity index (χ4v) is 3.00. The van der Waals surface area contributed by atoms with Crippen LogP contribution in [-0.4, -0.2) is 34.5 Å². The van der Waals surface area contributed by atoms with E-state index in [4.69, 9.17) is 17.0 Å². The topological polar surface area (TPSA) is 88.1 Å². The van der Waals surface area contributed by atoms with Gasteiger partial charge in [-0.25, -0.2) is 0 Å². The molecule has 3 aromatic rings. The van der Waals surface area contributed by atoms with Crippen LogP contribution in [0, 0.1) is 4.77 Å². The SMILES string of the molecule is CCCCOc1ccc(C(=O)NCC(=O)Nc2cccc(-n3cc[nH]c3=S)c2)cc1. The Morgan fingerprint density at radius 1 is 1.17 bits per heavy atom. The zero-order valence-electron chi connectivity index (χ0n) is 16.7. The van der Waals surface area contributed by atoms with Gasteiger partial charge in [-0.2, -0.15) is 0 Å². The number of hydrogen-bond donors (Lipinski definition) is 3. The maximum Gasteiger partial charge on any atom is 0.251 e. The highest BCUT2D eigenvalue weighted by molar-refractivity contribution is 7.71. The summed E-state index contributed by atoms with van der Waals surface area (Å²) < 4.78 is 7.94. The number of nitrogens with zero attached hydrogens (tertiary/aromatic N) is 1. The number of H-pyrrole nitrogens is 1. The molecule has 0 saturated heterocycles. The molecule has 30 heavy (non-hydrogen) atoms. The summed E-state index contributed by atoms with van der Waals surface area (Å²) >= 11 is 5.21. The molecular weight excluding hydrogens is 400 g/mol. The molecule has 0 aliphatic heterocycles. The summed E-state index contributed by atoms with van der Waals surface area (Å²) in [5, 5.41) is 5.40. The van der Waals surface area contributed by atoms with E-state index in [1.165, 1.54) is 0 Å². The lowest BCUT2D eigenvalue weighted by molar-refractivity contribution is -0.115. The Labute approximate surface area is 180 Å². The van der Waals surface area contributed by atoms with Crippen LogP contribution in [-0.2, 0) is 4.79 Å². The van der Waals surface area contributed by atoms with Crippen LogP contribution in [0.2, 0.25) is 0 Å². The van der Waals surface area contributed by atoms with E-state index in [0.29, 0.717) is 22.6 Å². The summed E-state index contributed by atoms with van der Waals surface area (Å²) in [6.45, 7) is 2.61. The maximum absolute atomic E-state index is 12.3. The van der Waals surface area contributed by atoms with Crippen LogP contribution in [0.3, 0.4) is 0 Å². The molecule has 3 N–H and O–H groups in total. The average Bonchev–Trinajstić information content (AvgIpc) is 3.19. The molecule has 0 fully saturated rings. The quantitative estimate of drug-likeness (QED) is 0.357. The van der Waals surface area contributed by atoms with E-state index in [9.17, 15) is 9.59 Å². The molecule has 0 saturated carbocycles. The third-order valence-corrected chi connectivity index (χ3v) is 4.66. The second-order valence-electron chi connectivity index (χ2n) is 6.64. The van der Waals surface area contributed by atoms with Gasteiger partial charge in [-0.3, -0.25) is 14.2 Å². The second kappa shape index (κ2) is 10.4. The van der Waals surface area contributed by atoms with Crippen molar-refractivity contribution in [2.24, 2.45) is 0 Å². The van der Waals surface area contributed by atoms with Crippen molar-refractivity contribution in [3.63, 3.8) is 0 Å². The van der Waals surface area contributed by atoms with Gasteiger partial charge < -0.3 is 20.4 Å². The summed E-state index contributed by atoms with van der Waals surface area (Å²) in [5.41, 5.74) is 1.90. The fraction of sp³-hybridized carbons (Fsp3) is 0.227. The van der Waals surface area contributed by atoms with Gasteiger partial charge in [0.25, 0.3) is 5.91 Å². The van der Waals surface area contributed by atoms with Crippen molar-refractivity contribution in [2.75, 3.05) is 18.5 Å². The first kappa shape index (κ1) is 21.3. The summed E-state index contributed by atoms with van der Waals surface area (Å²) in [5.74, 6) is 0.0791. The Hall–Kier alpha value is -3.39. The third-order valence-electron chi connectivity index (χ3n) is 4.35. The number of unbranched alkanes of at least 4 members (excludes halogenated alkanes) is 1. The smallest absolute Gasteiger partial charge is 0.251 e. The van der Waals surface area contributed by atoms with Gasteiger partial charge in [0.05, 0.1) is 13.2 Å². The molecule has 8 heteroatoms. The molecule has 0 radical (unpaired) electrons. The summed E-state index contributed by atoms with van der Waals surface area (Å²) in [6.07, 6.45) is 5.60. The number of ether oxygens (including phenoxy) is 1. The van der Waals surface area contributed by atoms with Crippen LogP contribution < -0.4 is 15.4 Å². The van der Waals surface area contributed by atoms with E-state index in [1.807, 2.05) is 18.3 Å². The molecule has 0 bridgehead atoms.